The Kier molecular flexibility index (Phi) is 3.02. The SMILES string of the molecule is N#Cc1cc(C(F)(F)F)ccc1-c1cccnc1. The topological polar surface area (TPSA) is 36.7 Å². The first-order valence-corrected chi connectivity index (χ1v) is 5.04. The van der Waals surface area contributed by atoms with E-state index >= 15 is 0 Å². The highest BCUT2D eigenvalue weighted by Crippen LogP contribution is 2.32. The Morgan fingerprint density at radius 3 is 2.50 bits per heavy atom. The highest BCUT2D eigenvalue weighted by molar-refractivity contribution is 5.70. The zero-order valence-electron chi connectivity index (χ0n) is 9.07. The number of rotatable bonds is 1. The third-order valence-corrected chi connectivity index (χ3v) is 2.44. The Balaban J connectivity index is 2.56. The van der Waals surface area contributed by atoms with Gasteiger partial charge < -0.3 is 0 Å². The van der Waals surface area contributed by atoms with Gasteiger partial charge in [0.25, 0.3) is 0 Å². The van der Waals surface area contributed by atoms with Gasteiger partial charge in [-0.15, -0.1) is 0 Å². The average molecular weight is 248 g/mol. The van der Waals surface area contributed by atoms with E-state index in [2.05, 4.69) is 4.98 Å². The summed E-state index contributed by atoms with van der Waals surface area (Å²) in [5.74, 6) is 0. The van der Waals surface area contributed by atoms with Crippen molar-refractivity contribution in [1.29, 1.82) is 5.26 Å². The summed E-state index contributed by atoms with van der Waals surface area (Å²) in [6, 6.07) is 8.23. The highest BCUT2D eigenvalue weighted by atomic mass is 19.4. The first kappa shape index (κ1) is 12.1. The molecule has 2 rings (SSSR count). The average Bonchev–Trinajstić information content (AvgIpc) is 2.38. The maximum atomic E-state index is 12.5. The number of alkyl halides is 3. The zero-order chi connectivity index (χ0) is 13.2. The Bertz CT molecular complexity index is 598. The number of benzene rings is 1. The molecule has 2 aromatic rings. The second-order valence-electron chi connectivity index (χ2n) is 3.61. The molecule has 0 atom stereocenters. The third kappa shape index (κ3) is 2.33. The van der Waals surface area contributed by atoms with Crippen molar-refractivity contribution in [1.82, 2.24) is 4.98 Å². The molecule has 0 fully saturated rings. The lowest BCUT2D eigenvalue weighted by atomic mass is 9.99. The van der Waals surface area contributed by atoms with Gasteiger partial charge in [0.15, 0.2) is 0 Å². The van der Waals surface area contributed by atoms with E-state index in [0.717, 1.165) is 12.1 Å². The van der Waals surface area contributed by atoms with Crippen LogP contribution < -0.4 is 0 Å². The van der Waals surface area contributed by atoms with Crippen LogP contribution in [0.3, 0.4) is 0 Å². The van der Waals surface area contributed by atoms with Gasteiger partial charge in [-0.2, -0.15) is 18.4 Å². The summed E-state index contributed by atoms with van der Waals surface area (Å²) < 4.78 is 37.5. The lowest BCUT2D eigenvalue weighted by molar-refractivity contribution is -0.137. The van der Waals surface area contributed by atoms with Crippen LogP contribution in [-0.2, 0) is 6.18 Å². The van der Waals surface area contributed by atoms with E-state index in [1.165, 1.54) is 12.3 Å². The summed E-state index contributed by atoms with van der Waals surface area (Å²) in [7, 11) is 0. The van der Waals surface area contributed by atoms with Crippen LogP contribution in [0.15, 0.2) is 42.7 Å². The number of halogens is 3. The Morgan fingerprint density at radius 1 is 1.17 bits per heavy atom. The molecule has 2 nitrogen and oxygen atoms in total. The van der Waals surface area contributed by atoms with Gasteiger partial charge in [-0.3, -0.25) is 4.98 Å². The van der Waals surface area contributed by atoms with Crippen LogP contribution in [0.1, 0.15) is 11.1 Å². The van der Waals surface area contributed by atoms with Gasteiger partial charge in [0.1, 0.15) is 0 Å². The third-order valence-electron chi connectivity index (χ3n) is 2.44. The summed E-state index contributed by atoms with van der Waals surface area (Å²) in [6.07, 6.45) is -1.39. The number of hydrogen-bond acceptors (Lipinski definition) is 2. The molecule has 0 aliphatic rings. The quantitative estimate of drug-likeness (QED) is 0.772. The molecule has 1 aromatic carbocycles. The first-order chi connectivity index (χ1) is 8.52. The molecule has 0 saturated heterocycles. The van der Waals surface area contributed by atoms with E-state index in [1.807, 2.05) is 0 Å². The van der Waals surface area contributed by atoms with Crippen LogP contribution in [0, 0.1) is 11.3 Å². The monoisotopic (exact) mass is 248 g/mol. The molecular weight excluding hydrogens is 241 g/mol. The molecule has 0 amide bonds. The summed E-state index contributed by atoms with van der Waals surface area (Å²) >= 11 is 0. The van der Waals surface area contributed by atoms with Crippen molar-refractivity contribution >= 4 is 0 Å². The van der Waals surface area contributed by atoms with Crippen LogP contribution in [0.4, 0.5) is 13.2 Å². The van der Waals surface area contributed by atoms with E-state index in [-0.39, 0.29) is 5.56 Å². The zero-order valence-corrected chi connectivity index (χ0v) is 9.07. The molecule has 1 aromatic heterocycles. The summed E-state index contributed by atoms with van der Waals surface area (Å²) in [5.41, 5.74) is 0.214. The fraction of sp³-hybridized carbons (Fsp3) is 0.0769. The van der Waals surface area contributed by atoms with Crippen molar-refractivity contribution in [3.63, 3.8) is 0 Å². The Hall–Kier alpha value is -2.35. The smallest absolute Gasteiger partial charge is 0.264 e. The minimum atomic E-state index is -4.45. The van der Waals surface area contributed by atoms with Crippen molar-refractivity contribution in [3.8, 4) is 17.2 Å². The lowest BCUT2D eigenvalue weighted by Gasteiger charge is -2.09. The highest BCUT2D eigenvalue weighted by Gasteiger charge is 2.31. The molecular formula is C13H7F3N2. The summed E-state index contributed by atoms with van der Waals surface area (Å²) in [6.45, 7) is 0. The van der Waals surface area contributed by atoms with Crippen LogP contribution in [-0.4, -0.2) is 4.98 Å². The standard InChI is InChI=1S/C13H7F3N2/c14-13(15,16)11-3-4-12(10(6-11)7-17)9-2-1-5-18-8-9/h1-6,8H. The van der Waals surface area contributed by atoms with Crippen molar-refractivity contribution in [2.24, 2.45) is 0 Å². The van der Waals surface area contributed by atoms with Gasteiger partial charge in [-0.25, -0.2) is 0 Å². The molecule has 1 heterocycles. The minimum Gasteiger partial charge on any atom is -0.264 e. The molecule has 90 valence electrons. The molecule has 18 heavy (non-hydrogen) atoms. The molecule has 5 heteroatoms. The van der Waals surface area contributed by atoms with Crippen LogP contribution in [0.25, 0.3) is 11.1 Å². The fourth-order valence-electron chi connectivity index (χ4n) is 1.59. The number of pyridine rings is 1. The molecule has 0 aliphatic carbocycles. The Labute approximate surface area is 101 Å². The van der Waals surface area contributed by atoms with Crippen molar-refractivity contribution in [3.05, 3.63) is 53.9 Å². The van der Waals surface area contributed by atoms with Crippen molar-refractivity contribution in [2.45, 2.75) is 6.18 Å². The second kappa shape index (κ2) is 4.49. The second-order valence-corrected chi connectivity index (χ2v) is 3.61. The number of aromatic nitrogens is 1. The van der Waals surface area contributed by atoms with Crippen LogP contribution in [0.5, 0.6) is 0 Å². The van der Waals surface area contributed by atoms with Crippen molar-refractivity contribution < 1.29 is 13.2 Å². The van der Waals surface area contributed by atoms with Gasteiger partial charge in [-0.05, 0) is 18.2 Å². The number of nitrogens with zero attached hydrogens (tertiary/aromatic N) is 2. The van der Waals surface area contributed by atoms with Gasteiger partial charge in [0.05, 0.1) is 17.2 Å². The molecule has 0 bridgehead atoms. The maximum Gasteiger partial charge on any atom is 0.416 e. The lowest BCUT2D eigenvalue weighted by Crippen LogP contribution is -2.05. The molecule has 0 spiro atoms. The largest absolute Gasteiger partial charge is 0.416 e. The number of hydrogen-bond donors (Lipinski definition) is 0. The van der Waals surface area contributed by atoms with Gasteiger partial charge in [0, 0.05) is 23.5 Å². The molecule has 0 radical (unpaired) electrons. The van der Waals surface area contributed by atoms with Gasteiger partial charge >= 0.3 is 6.18 Å². The minimum absolute atomic E-state index is 0.0159. The normalized spacial score (nSPS) is 11.0. The molecule has 0 saturated carbocycles. The first-order valence-electron chi connectivity index (χ1n) is 5.04. The summed E-state index contributed by atoms with van der Waals surface area (Å²) in [4.78, 5) is 3.88. The Morgan fingerprint density at radius 2 is 1.94 bits per heavy atom. The fourth-order valence-corrected chi connectivity index (χ4v) is 1.59. The van der Waals surface area contributed by atoms with Crippen LogP contribution >= 0.6 is 0 Å². The van der Waals surface area contributed by atoms with E-state index in [9.17, 15) is 13.2 Å². The van der Waals surface area contributed by atoms with Gasteiger partial charge in [0.2, 0.25) is 0 Å². The predicted octanol–water partition coefficient (Wildman–Crippen LogP) is 3.64. The maximum absolute atomic E-state index is 12.5. The van der Waals surface area contributed by atoms with E-state index in [1.54, 1.807) is 24.4 Å². The van der Waals surface area contributed by atoms with Crippen LogP contribution in [0.2, 0.25) is 0 Å². The predicted molar refractivity (Wildman–Crippen MR) is 59.4 cm³/mol. The molecule has 0 N–H and O–H groups in total. The van der Waals surface area contributed by atoms with E-state index < -0.39 is 11.7 Å². The van der Waals surface area contributed by atoms with Gasteiger partial charge in [-0.1, -0.05) is 12.1 Å². The van der Waals surface area contributed by atoms with Crippen molar-refractivity contribution in [2.75, 3.05) is 0 Å². The number of nitriles is 1. The molecule has 0 aliphatic heterocycles. The summed E-state index contributed by atoms with van der Waals surface area (Å²) in [5, 5.41) is 8.93. The van der Waals surface area contributed by atoms with E-state index in [4.69, 9.17) is 5.26 Å². The molecule has 0 unspecified atom stereocenters. The van der Waals surface area contributed by atoms with E-state index in [0.29, 0.717) is 11.1 Å².